The van der Waals surface area contributed by atoms with Crippen molar-refractivity contribution in [2.45, 2.75) is 42.5 Å². The molecule has 1 aromatic heterocycles. The van der Waals surface area contributed by atoms with Gasteiger partial charge in [-0.2, -0.15) is 13.2 Å². The van der Waals surface area contributed by atoms with E-state index >= 15 is 4.39 Å². The molecular formula is C25H25ClF4N6O4S. The minimum Gasteiger partial charge on any atom is -0.403 e. The monoisotopic (exact) mass is 616 g/mol. The van der Waals surface area contributed by atoms with E-state index in [1.165, 1.54) is 4.90 Å². The lowest BCUT2D eigenvalue weighted by molar-refractivity contribution is -0.147. The molecule has 1 fully saturated rings. The Balaban J connectivity index is 1.46. The van der Waals surface area contributed by atoms with Gasteiger partial charge < -0.3 is 20.4 Å². The van der Waals surface area contributed by atoms with E-state index in [0.29, 0.717) is 30.0 Å². The van der Waals surface area contributed by atoms with Crippen LogP contribution in [0.2, 0.25) is 5.02 Å². The topological polar surface area (TPSA) is 135 Å². The number of rotatable bonds is 6. The molecular weight excluding hydrogens is 592 g/mol. The molecule has 0 aliphatic carbocycles. The van der Waals surface area contributed by atoms with Crippen molar-refractivity contribution >= 4 is 39.0 Å². The van der Waals surface area contributed by atoms with Gasteiger partial charge in [0, 0.05) is 17.6 Å². The number of hydrogen-bond donors (Lipinski definition) is 2. The Morgan fingerprint density at radius 1 is 1.17 bits per heavy atom. The molecule has 16 heteroatoms. The molecule has 1 amide bonds. The van der Waals surface area contributed by atoms with E-state index in [1.807, 2.05) is 0 Å². The number of fused-ring (bicyclic) bond motifs is 1. The van der Waals surface area contributed by atoms with Gasteiger partial charge in [0.05, 0.1) is 41.0 Å². The van der Waals surface area contributed by atoms with Crippen molar-refractivity contribution in [2.24, 2.45) is 5.73 Å². The van der Waals surface area contributed by atoms with E-state index < -0.39 is 57.0 Å². The van der Waals surface area contributed by atoms with Crippen LogP contribution in [0.25, 0.3) is 11.5 Å². The number of carbonyl (C=O) groups excluding carboxylic acids is 1. The lowest BCUT2D eigenvalue weighted by Crippen LogP contribution is -2.45. The third-order valence-corrected chi connectivity index (χ3v) is 8.85. The van der Waals surface area contributed by atoms with E-state index in [1.54, 1.807) is 24.3 Å². The summed E-state index contributed by atoms with van der Waals surface area (Å²) >= 11 is 5.96. The number of piperidine rings is 1. The number of halogens is 5. The summed E-state index contributed by atoms with van der Waals surface area (Å²) in [5.41, 5.74) is 6.15. The van der Waals surface area contributed by atoms with Crippen LogP contribution in [-0.2, 0) is 21.2 Å². The van der Waals surface area contributed by atoms with Gasteiger partial charge in [-0.3, -0.25) is 9.69 Å². The number of carbonyl (C=O) groups is 1. The van der Waals surface area contributed by atoms with Crippen molar-refractivity contribution in [3.05, 3.63) is 52.8 Å². The van der Waals surface area contributed by atoms with Gasteiger partial charge >= 0.3 is 12.2 Å². The van der Waals surface area contributed by atoms with Crippen LogP contribution >= 0.6 is 11.6 Å². The molecule has 0 saturated carbocycles. The molecule has 41 heavy (non-hydrogen) atoms. The highest BCUT2D eigenvalue weighted by Crippen LogP contribution is 2.37. The summed E-state index contributed by atoms with van der Waals surface area (Å²) < 4.78 is 85.5. The van der Waals surface area contributed by atoms with E-state index in [-0.39, 0.29) is 36.2 Å². The first-order valence-electron chi connectivity index (χ1n) is 12.6. The lowest BCUT2D eigenvalue weighted by Gasteiger charge is -2.32. The standard InChI is InChI=1S/C25H25ClF4N6O4S/c26-15-5-3-14(4-6-15)10-36-20-8-17(18(27)9-21(20)41(38,39)12-19(31)23(36)37)22-33-34-24(40-22)32-16-2-1-7-35(11-16)13-25(28,29)30/h3-6,8-9,16,19H,1-2,7,10-13,31H2,(H,32,34)/t16?,19-/m0/s1. The Morgan fingerprint density at radius 3 is 2.61 bits per heavy atom. The van der Waals surface area contributed by atoms with E-state index in [9.17, 15) is 26.4 Å². The number of amides is 1. The van der Waals surface area contributed by atoms with Gasteiger partial charge in [-0.25, -0.2) is 12.8 Å². The van der Waals surface area contributed by atoms with Gasteiger partial charge in [-0.1, -0.05) is 28.8 Å². The Morgan fingerprint density at radius 2 is 1.90 bits per heavy atom. The molecule has 2 aliphatic heterocycles. The summed E-state index contributed by atoms with van der Waals surface area (Å²) in [7, 11) is -4.16. The van der Waals surface area contributed by atoms with Crippen molar-refractivity contribution in [1.82, 2.24) is 15.1 Å². The van der Waals surface area contributed by atoms with Crippen LogP contribution in [0, 0.1) is 5.82 Å². The van der Waals surface area contributed by atoms with Crippen LogP contribution in [0.5, 0.6) is 0 Å². The number of nitrogens with one attached hydrogen (secondary N) is 1. The fourth-order valence-corrected chi connectivity index (χ4v) is 6.65. The highest BCUT2D eigenvalue weighted by molar-refractivity contribution is 7.91. The van der Waals surface area contributed by atoms with Crippen LogP contribution in [0.4, 0.5) is 29.3 Å². The normalized spacial score (nSPS) is 21.4. The van der Waals surface area contributed by atoms with Gasteiger partial charge in [0.2, 0.25) is 5.91 Å². The number of nitrogens with zero attached hydrogens (tertiary/aromatic N) is 4. The maximum atomic E-state index is 15.3. The average Bonchev–Trinajstić information content (AvgIpc) is 3.32. The Labute approximate surface area is 237 Å². The van der Waals surface area contributed by atoms with E-state index in [4.69, 9.17) is 21.8 Å². The van der Waals surface area contributed by atoms with E-state index in [0.717, 1.165) is 17.0 Å². The van der Waals surface area contributed by atoms with Crippen LogP contribution in [-0.4, -0.2) is 73.1 Å². The first-order chi connectivity index (χ1) is 19.3. The van der Waals surface area contributed by atoms with Crippen LogP contribution < -0.4 is 16.0 Å². The summed E-state index contributed by atoms with van der Waals surface area (Å²) in [5, 5.41) is 11.0. The van der Waals surface area contributed by atoms with Gasteiger partial charge in [-0.05, 0) is 49.2 Å². The molecule has 2 aromatic carbocycles. The summed E-state index contributed by atoms with van der Waals surface area (Å²) in [4.78, 5) is 15.2. The molecule has 2 aliphatic rings. The van der Waals surface area contributed by atoms with Crippen LogP contribution in [0.15, 0.2) is 45.7 Å². The summed E-state index contributed by atoms with van der Waals surface area (Å²) in [6.45, 7) is -0.738. The second kappa shape index (κ2) is 11.2. The molecule has 0 bridgehead atoms. The van der Waals surface area contributed by atoms with Crippen molar-refractivity contribution in [2.75, 3.05) is 35.6 Å². The molecule has 0 radical (unpaired) electrons. The zero-order chi connectivity index (χ0) is 29.5. The summed E-state index contributed by atoms with van der Waals surface area (Å²) in [6.07, 6.45) is -3.26. The number of anilines is 2. The lowest BCUT2D eigenvalue weighted by atomic mass is 10.1. The minimum atomic E-state index is -4.33. The highest BCUT2D eigenvalue weighted by atomic mass is 35.5. The zero-order valence-electron chi connectivity index (χ0n) is 21.4. The zero-order valence-corrected chi connectivity index (χ0v) is 22.9. The molecule has 5 rings (SSSR count). The third kappa shape index (κ3) is 6.63. The molecule has 1 unspecified atom stereocenters. The molecule has 2 atom stereocenters. The molecule has 10 nitrogen and oxygen atoms in total. The summed E-state index contributed by atoms with van der Waals surface area (Å²) in [5.74, 6) is -2.71. The van der Waals surface area contributed by atoms with Gasteiger partial charge in [0.1, 0.15) is 5.82 Å². The number of likely N-dealkylation sites (tertiary alicyclic amines) is 1. The first-order valence-corrected chi connectivity index (χ1v) is 14.6. The first kappa shape index (κ1) is 29.2. The SMILES string of the molecule is N[C@H]1CS(=O)(=O)c2cc(F)c(-c3nnc(NC4CCCN(CC(F)(F)F)C4)o3)cc2N(Cc2ccc(Cl)cc2)C1=O. The molecule has 0 spiro atoms. The average molecular weight is 617 g/mol. The van der Waals surface area contributed by atoms with Crippen LogP contribution in [0.3, 0.4) is 0 Å². The largest absolute Gasteiger partial charge is 0.403 e. The number of aromatic nitrogens is 2. The van der Waals surface area contributed by atoms with Crippen molar-refractivity contribution in [1.29, 1.82) is 0 Å². The number of sulfone groups is 1. The molecule has 220 valence electrons. The van der Waals surface area contributed by atoms with Crippen molar-refractivity contribution in [3.8, 4) is 11.5 Å². The maximum Gasteiger partial charge on any atom is 0.401 e. The third-order valence-electron chi connectivity index (χ3n) is 6.80. The number of hydrogen-bond acceptors (Lipinski definition) is 9. The molecule has 3 heterocycles. The van der Waals surface area contributed by atoms with Gasteiger partial charge in [0.15, 0.2) is 9.84 Å². The van der Waals surface area contributed by atoms with Gasteiger partial charge in [0.25, 0.3) is 5.89 Å². The van der Waals surface area contributed by atoms with Crippen molar-refractivity contribution < 1.29 is 35.2 Å². The summed E-state index contributed by atoms with van der Waals surface area (Å²) in [6, 6.07) is 6.49. The molecule has 1 saturated heterocycles. The van der Waals surface area contributed by atoms with E-state index in [2.05, 4.69) is 15.5 Å². The number of nitrogens with two attached hydrogens (primary N) is 1. The minimum absolute atomic E-state index is 0.0793. The fraction of sp³-hybridized carbons (Fsp3) is 0.400. The second-order valence-electron chi connectivity index (χ2n) is 9.98. The van der Waals surface area contributed by atoms with Gasteiger partial charge in [-0.15, -0.1) is 5.10 Å². The molecule has 3 aromatic rings. The van der Waals surface area contributed by atoms with Crippen molar-refractivity contribution in [3.63, 3.8) is 0 Å². The number of alkyl halides is 3. The quantitative estimate of drug-likeness (QED) is 0.398. The Bertz CT molecular complexity index is 1550. The van der Waals surface area contributed by atoms with Crippen LogP contribution in [0.1, 0.15) is 18.4 Å². The maximum absolute atomic E-state index is 15.3. The predicted molar refractivity (Wildman–Crippen MR) is 142 cm³/mol. The predicted octanol–water partition coefficient (Wildman–Crippen LogP) is 3.62. The molecule has 3 N–H and O–H groups in total. The smallest absolute Gasteiger partial charge is 0.401 e. The number of benzene rings is 2. The highest BCUT2D eigenvalue weighted by Gasteiger charge is 2.38. The fourth-order valence-electron chi connectivity index (χ4n) is 4.95. The Kier molecular flexibility index (Phi) is 7.98. The Hall–Kier alpha value is -3.27. The second-order valence-corrected chi connectivity index (χ2v) is 12.4.